The van der Waals surface area contributed by atoms with E-state index in [0.717, 1.165) is 33.8 Å². The first-order valence-corrected chi connectivity index (χ1v) is 22.5. The van der Waals surface area contributed by atoms with E-state index in [1.165, 1.54) is 77.9 Å². The molecule has 3 aliphatic rings. The lowest BCUT2D eigenvalue weighted by molar-refractivity contribution is 0.793. The quantitative estimate of drug-likeness (QED) is 0.166. The van der Waals surface area contributed by atoms with Gasteiger partial charge in [-0.2, -0.15) is 0 Å². The van der Waals surface area contributed by atoms with Crippen LogP contribution in [0.3, 0.4) is 0 Å². The summed E-state index contributed by atoms with van der Waals surface area (Å²) in [5.41, 5.74) is 22.5. The Labute approximate surface area is 379 Å². The van der Waals surface area contributed by atoms with Crippen molar-refractivity contribution < 1.29 is 0 Å². The van der Waals surface area contributed by atoms with Gasteiger partial charge < -0.3 is 10.3 Å². The molecule has 10 aromatic rings. The topological polar surface area (TPSA) is 27.1 Å². The second kappa shape index (κ2) is 14.4. The summed E-state index contributed by atoms with van der Waals surface area (Å²) in [6.07, 6.45) is 1.65. The normalized spacial score (nSPS) is 14.1. The van der Waals surface area contributed by atoms with E-state index in [-0.39, 0.29) is 0 Å². The van der Waals surface area contributed by atoms with E-state index in [2.05, 4.69) is 248 Å². The Kier molecular flexibility index (Phi) is 8.22. The van der Waals surface area contributed by atoms with Crippen molar-refractivity contribution >= 4 is 23.3 Å². The highest BCUT2D eigenvalue weighted by Crippen LogP contribution is 2.65. The van der Waals surface area contributed by atoms with Crippen LogP contribution in [-0.2, 0) is 10.8 Å². The summed E-state index contributed by atoms with van der Waals surface area (Å²) in [4.78, 5) is 2.44. The molecule has 0 unspecified atom stereocenters. The summed E-state index contributed by atoms with van der Waals surface area (Å²) in [7, 11) is 0. The number of rotatable bonds is 6. The monoisotopic (exact) mass is 826 g/mol. The van der Waals surface area contributed by atoms with Crippen molar-refractivity contribution in [2.24, 2.45) is 0 Å². The molecule has 0 bridgehead atoms. The molecule has 1 spiro atoms. The smallest absolute Gasteiger partial charge is 0.0837 e. The second-order valence-electron chi connectivity index (χ2n) is 17.5. The maximum absolute atomic E-state index is 9.23. The maximum atomic E-state index is 9.23. The molecule has 0 saturated carbocycles. The van der Waals surface area contributed by atoms with E-state index in [0.29, 0.717) is 0 Å². The number of nitrogens with one attached hydrogen (secondary N) is 1. The molecule has 304 valence electrons. The summed E-state index contributed by atoms with van der Waals surface area (Å²) >= 11 is 0. The zero-order valence-electron chi connectivity index (χ0n) is 35.6. The molecule has 2 aliphatic carbocycles. The van der Waals surface area contributed by atoms with Crippen LogP contribution in [0.15, 0.2) is 243 Å². The average Bonchev–Trinajstić information content (AvgIpc) is 3.84. The molecule has 2 nitrogen and oxygen atoms in total. The summed E-state index contributed by atoms with van der Waals surface area (Å²) < 4.78 is 0. The molecule has 0 atom stereocenters. The molecule has 65 heavy (non-hydrogen) atoms. The van der Waals surface area contributed by atoms with Gasteiger partial charge in [0.2, 0.25) is 0 Å². The predicted octanol–water partition coefficient (Wildman–Crippen LogP) is 15.8. The van der Waals surface area contributed by atoms with Crippen molar-refractivity contribution in [3.8, 4) is 55.6 Å². The third-order valence-electron chi connectivity index (χ3n) is 14.4. The molecule has 13 rings (SSSR count). The van der Waals surface area contributed by atoms with Gasteiger partial charge in [-0.15, -0.1) is 0 Å². The number of fused-ring (bicyclic) bond motifs is 12. The van der Waals surface area contributed by atoms with Gasteiger partial charge in [0.15, 0.2) is 0 Å². The SMILES string of the molecule is N=CC1(c2ccccc2)c2ccccc2N(c2ccc3c(c2)C2(c4cc(-c5ccccc5)ccc4-c4ccc(-c5ccccc5)cc42)c2cc(-c4ccccc4)ccc2-3)c2ccccc21. The Morgan fingerprint density at radius 2 is 0.662 bits per heavy atom. The Hall–Kier alpha value is -8.33. The third-order valence-corrected chi connectivity index (χ3v) is 14.4. The van der Waals surface area contributed by atoms with Gasteiger partial charge in [0.05, 0.1) is 22.2 Å². The molecule has 2 heteroatoms. The molecule has 0 amide bonds. The molecule has 1 aliphatic heterocycles. The van der Waals surface area contributed by atoms with Crippen LogP contribution in [0.1, 0.15) is 38.9 Å². The van der Waals surface area contributed by atoms with Crippen LogP contribution in [0, 0.1) is 5.41 Å². The van der Waals surface area contributed by atoms with E-state index in [1.807, 2.05) is 0 Å². The van der Waals surface area contributed by atoms with Gasteiger partial charge in [0.1, 0.15) is 0 Å². The van der Waals surface area contributed by atoms with Crippen molar-refractivity contribution in [3.63, 3.8) is 0 Å². The van der Waals surface area contributed by atoms with Gasteiger partial charge in [-0.25, -0.2) is 0 Å². The minimum absolute atomic E-state index is 0.650. The van der Waals surface area contributed by atoms with Crippen LogP contribution in [-0.4, -0.2) is 6.21 Å². The number of para-hydroxylation sites is 2. The molecule has 1 N–H and O–H groups in total. The Bertz CT molecular complexity index is 3290. The van der Waals surface area contributed by atoms with Crippen LogP contribution in [0.25, 0.3) is 55.6 Å². The summed E-state index contributed by atoms with van der Waals surface area (Å²) in [6, 6.07) is 89.1. The lowest BCUT2D eigenvalue weighted by atomic mass is 9.67. The first kappa shape index (κ1) is 37.2. The zero-order chi connectivity index (χ0) is 43.1. The fraction of sp³-hybridized carbons (Fsp3) is 0.0317. The van der Waals surface area contributed by atoms with Gasteiger partial charge in [-0.05, 0) is 137 Å². The molecular formula is C63H42N2. The minimum Gasteiger partial charge on any atom is -0.311 e. The summed E-state index contributed by atoms with van der Waals surface area (Å²) in [6.45, 7) is 0. The number of benzene rings is 10. The van der Waals surface area contributed by atoms with E-state index in [4.69, 9.17) is 0 Å². The van der Waals surface area contributed by atoms with Crippen molar-refractivity contribution in [1.82, 2.24) is 0 Å². The number of hydrogen-bond donors (Lipinski definition) is 1. The highest BCUT2D eigenvalue weighted by Gasteiger charge is 2.53. The van der Waals surface area contributed by atoms with Crippen LogP contribution < -0.4 is 4.90 Å². The molecule has 0 aromatic heterocycles. The largest absolute Gasteiger partial charge is 0.311 e. The van der Waals surface area contributed by atoms with Crippen LogP contribution >= 0.6 is 0 Å². The molecular weight excluding hydrogens is 785 g/mol. The van der Waals surface area contributed by atoms with Crippen LogP contribution in [0.5, 0.6) is 0 Å². The number of anilines is 3. The van der Waals surface area contributed by atoms with Crippen LogP contribution in [0.2, 0.25) is 0 Å². The number of nitrogens with zero attached hydrogens (tertiary/aromatic N) is 1. The van der Waals surface area contributed by atoms with Gasteiger partial charge in [0.25, 0.3) is 0 Å². The molecule has 1 heterocycles. The van der Waals surface area contributed by atoms with E-state index in [9.17, 15) is 5.41 Å². The lowest BCUT2D eigenvalue weighted by Crippen LogP contribution is -2.37. The minimum atomic E-state index is -0.766. The Morgan fingerprint density at radius 1 is 0.308 bits per heavy atom. The van der Waals surface area contributed by atoms with Crippen molar-refractivity contribution in [2.45, 2.75) is 10.8 Å². The van der Waals surface area contributed by atoms with Crippen LogP contribution in [0.4, 0.5) is 17.1 Å². The first-order valence-electron chi connectivity index (χ1n) is 22.5. The summed E-state index contributed by atoms with van der Waals surface area (Å²) in [5.74, 6) is 0. The highest BCUT2D eigenvalue weighted by atomic mass is 15.2. The molecule has 10 aromatic carbocycles. The Morgan fingerprint density at radius 3 is 1.08 bits per heavy atom. The van der Waals surface area contributed by atoms with Gasteiger partial charge >= 0.3 is 0 Å². The number of hydrogen-bond acceptors (Lipinski definition) is 2. The predicted molar refractivity (Wildman–Crippen MR) is 269 cm³/mol. The fourth-order valence-electron chi connectivity index (χ4n) is 11.6. The maximum Gasteiger partial charge on any atom is 0.0837 e. The summed E-state index contributed by atoms with van der Waals surface area (Å²) in [5, 5.41) is 9.23. The molecule has 0 saturated heterocycles. The fourth-order valence-corrected chi connectivity index (χ4v) is 11.6. The standard InChI is InChI=1S/C63H42N2/c64-41-62(48-23-11-4-12-24-48)54-25-13-15-27-60(54)65(61-28-16-14-26-55(61)62)49-32-36-53-52-35-31-47(44-21-9-3-10-22-44)39-58(52)63(59(53)40-49)56-37-45(42-17-5-1-6-18-42)29-33-50(56)51-34-30-46(38-57(51)63)43-19-7-2-8-20-43/h1-41,64H. The lowest BCUT2D eigenvalue weighted by Gasteiger charge is -2.44. The van der Waals surface area contributed by atoms with Crippen molar-refractivity contribution in [1.29, 1.82) is 5.41 Å². The van der Waals surface area contributed by atoms with E-state index >= 15 is 0 Å². The third kappa shape index (κ3) is 5.26. The van der Waals surface area contributed by atoms with E-state index < -0.39 is 10.8 Å². The van der Waals surface area contributed by atoms with Gasteiger partial charge in [0, 0.05) is 11.9 Å². The van der Waals surface area contributed by atoms with Gasteiger partial charge in [-0.3, -0.25) is 0 Å². The second-order valence-corrected chi connectivity index (χ2v) is 17.5. The van der Waals surface area contributed by atoms with E-state index in [1.54, 1.807) is 6.21 Å². The first-order chi connectivity index (χ1) is 32.2. The molecule has 0 radical (unpaired) electrons. The van der Waals surface area contributed by atoms with Crippen molar-refractivity contribution in [3.05, 3.63) is 282 Å². The molecule has 0 fully saturated rings. The van der Waals surface area contributed by atoms with Gasteiger partial charge in [-0.1, -0.05) is 200 Å². The van der Waals surface area contributed by atoms with Crippen molar-refractivity contribution in [2.75, 3.05) is 4.90 Å². The average molecular weight is 827 g/mol. The Balaban J connectivity index is 1.12. The highest BCUT2D eigenvalue weighted by molar-refractivity contribution is 6.01. The zero-order valence-corrected chi connectivity index (χ0v) is 35.6.